The van der Waals surface area contributed by atoms with Crippen LogP contribution in [0.1, 0.15) is 10.4 Å². The van der Waals surface area contributed by atoms with E-state index in [1.165, 1.54) is 30.5 Å². The van der Waals surface area contributed by atoms with Crippen molar-refractivity contribution < 1.29 is 9.18 Å². The van der Waals surface area contributed by atoms with E-state index in [2.05, 4.69) is 10.3 Å². The number of nitrogen functional groups attached to an aromatic ring is 1. The third-order valence-corrected chi connectivity index (χ3v) is 2.53. The van der Waals surface area contributed by atoms with E-state index in [1.54, 1.807) is 0 Å². The zero-order valence-corrected chi connectivity index (χ0v) is 9.91. The Labute approximate surface area is 108 Å². The van der Waals surface area contributed by atoms with Gasteiger partial charge in [-0.1, -0.05) is 11.6 Å². The van der Waals surface area contributed by atoms with E-state index in [0.29, 0.717) is 11.3 Å². The number of hydrogen-bond donors (Lipinski definition) is 2. The van der Waals surface area contributed by atoms with Crippen molar-refractivity contribution in [1.82, 2.24) is 4.98 Å². The molecule has 2 aromatic rings. The van der Waals surface area contributed by atoms with Crippen molar-refractivity contribution in [2.75, 3.05) is 11.1 Å². The second kappa shape index (κ2) is 5.01. The summed E-state index contributed by atoms with van der Waals surface area (Å²) in [4.78, 5) is 15.6. The van der Waals surface area contributed by atoms with Crippen LogP contribution in [0.25, 0.3) is 0 Å². The van der Waals surface area contributed by atoms with Gasteiger partial charge in [0.15, 0.2) is 0 Å². The number of anilines is 2. The first kappa shape index (κ1) is 12.3. The number of carbonyl (C=O) groups is 1. The van der Waals surface area contributed by atoms with Gasteiger partial charge in [-0.2, -0.15) is 0 Å². The first-order valence-electron chi connectivity index (χ1n) is 5.04. The van der Waals surface area contributed by atoms with Gasteiger partial charge >= 0.3 is 0 Å². The lowest BCUT2D eigenvalue weighted by molar-refractivity contribution is 0.102. The molecule has 1 aromatic heterocycles. The Balaban J connectivity index is 2.18. The lowest BCUT2D eigenvalue weighted by Crippen LogP contribution is -2.12. The summed E-state index contributed by atoms with van der Waals surface area (Å²) in [6.45, 7) is 0. The minimum absolute atomic E-state index is 0.00107. The Kier molecular flexibility index (Phi) is 3.43. The molecule has 4 nitrogen and oxygen atoms in total. The van der Waals surface area contributed by atoms with Gasteiger partial charge < -0.3 is 11.1 Å². The molecule has 0 unspecified atom stereocenters. The van der Waals surface area contributed by atoms with Crippen LogP contribution in [0, 0.1) is 5.82 Å². The van der Waals surface area contributed by atoms with Crippen molar-refractivity contribution in [3.8, 4) is 0 Å². The predicted molar refractivity (Wildman–Crippen MR) is 68.0 cm³/mol. The number of pyridine rings is 1. The molecule has 92 valence electrons. The zero-order valence-electron chi connectivity index (χ0n) is 9.15. The van der Waals surface area contributed by atoms with Gasteiger partial charge in [-0.25, -0.2) is 9.37 Å². The van der Waals surface area contributed by atoms with E-state index in [9.17, 15) is 9.18 Å². The zero-order chi connectivity index (χ0) is 13.1. The number of nitrogens with one attached hydrogen (secondary N) is 1. The summed E-state index contributed by atoms with van der Waals surface area (Å²) in [5, 5.41) is 2.53. The smallest absolute Gasteiger partial charge is 0.255 e. The Morgan fingerprint density at radius 3 is 2.78 bits per heavy atom. The molecule has 0 aliphatic rings. The highest BCUT2D eigenvalue weighted by Crippen LogP contribution is 2.19. The number of rotatable bonds is 2. The number of nitrogens with zero attached hydrogens (tertiary/aromatic N) is 1. The fourth-order valence-electron chi connectivity index (χ4n) is 1.37. The number of aromatic nitrogens is 1. The Bertz CT molecular complexity index is 604. The highest BCUT2D eigenvalue weighted by Gasteiger charge is 2.08. The molecule has 0 bridgehead atoms. The second-order valence-corrected chi connectivity index (χ2v) is 3.96. The number of nitrogens with two attached hydrogens (primary N) is 1. The summed E-state index contributed by atoms with van der Waals surface area (Å²) in [7, 11) is 0. The highest BCUT2D eigenvalue weighted by molar-refractivity contribution is 6.30. The van der Waals surface area contributed by atoms with Crippen LogP contribution in [0.2, 0.25) is 5.02 Å². The van der Waals surface area contributed by atoms with Crippen LogP contribution in [0.5, 0.6) is 0 Å². The maximum absolute atomic E-state index is 13.2. The van der Waals surface area contributed by atoms with Gasteiger partial charge in [0.25, 0.3) is 5.91 Å². The molecule has 0 atom stereocenters. The Morgan fingerprint density at radius 2 is 2.11 bits per heavy atom. The summed E-state index contributed by atoms with van der Waals surface area (Å²) in [5.41, 5.74) is 6.13. The monoisotopic (exact) mass is 265 g/mol. The highest BCUT2D eigenvalue weighted by atomic mass is 35.5. The van der Waals surface area contributed by atoms with Gasteiger partial charge in [0.05, 0.1) is 5.02 Å². The van der Waals surface area contributed by atoms with Gasteiger partial charge in [-0.15, -0.1) is 0 Å². The van der Waals surface area contributed by atoms with E-state index in [0.717, 1.165) is 6.07 Å². The molecule has 2 rings (SSSR count). The molecule has 6 heteroatoms. The van der Waals surface area contributed by atoms with Crippen molar-refractivity contribution in [2.45, 2.75) is 0 Å². The van der Waals surface area contributed by atoms with Crippen molar-refractivity contribution in [1.29, 1.82) is 0 Å². The van der Waals surface area contributed by atoms with Gasteiger partial charge in [-0.3, -0.25) is 4.79 Å². The van der Waals surface area contributed by atoms with E-state index in [4.69, 9.17) is 17.3 Å². The fraction of sp³-hybridized carbons (Fsp3) is 0. The maximum atomic E-state index is 13.2. The second-order valence-electron chi connectivity index (χ2n) is 3.55. The lowest BCUT2D eigenvalue weighted by Gasteiger charge is -2.06. The number of benzene rings is 1. The van der Waals surface area contributed by atoms with Crippen LogP contribution in [0.3, 0.4) is 0 Å². The molecular weight excluding hydrogens is 257 g/mol. The number of amides is 1. The summed E-state index contributed by atoms with van der Waals surface area (Å²) < 4.78 is 13.2. The molecule has 1 amide bonds. The summed E-state index contributed by atoms with van der Waals surface area (Å²) in [5.74, 6) is -0.750. The Hall–Kier alpha value is -2.14. The number of carbonyl (C=O) groups excluding carboxylic acids is 1. The molecule has 0 spiro atoms. The van der Waals surface area contributed by atoms with Gasteiger partial charge in [0.1, 0.15) is 11.6 Å². The molecule has 0 radical (unpaired) electrons. The first-order valence-corrected chi connectivity index (χ1v) is 5.42. The largest absolute Gasteiger partial charge is 0.384 e. The Morgan fingerprint density at radius 1 is 1.33 bits per heavy atom. The molecule has 0 saturated carbocycles. The molecule has 1 heterocycles. The van der Waals surface area contributed by atoms with Crippen LogP contribution < -0.4 is 11.1 Å². The summed E-state index contributed by atoms with van der Waals surface area (Å²) in [6.07, 6.45) is 1.42. The van der Waals surface area contributed by atoms with Crippen molar-refractivity contribution in [2.24, 2.45) is 0 Å². The van der Waals surface area contributed by atoms with Crippen LogP contribution in [-0.2, 0) is 0 Å². The average Bonchev–Trinajstić information content (AvgIpc) is 2.34. The molecular formula is C12H9ClFN3O. The number of halogens is 2. The van der Waals surface area contributed by atoms with Crippen LogP contribution in [0.15, 0.2) is 36.5 Å². The third-order valence-electron chi connectivity index (χ3n) is 2.22. The van der Waals surface area contributed by atoms with Crippen molar-refractivity contribution in [3.63, 3.8) is 0 Å². The van der Waals surface area contributed by atoms with Crippen LogP contribution in [-0.4, -0.2) is 10.9 Å². The first-order chi connectivity index (χ1) is 8.56. The van der Waals surface area contributed by atoms with Crippen LogP contribution in [0.4, 0.5) is 15.9 Å². The maximum Gasteiger partial charge on any atom is 0.255 e. The third kappa shape index (κ3) is 2.75. The van der Waals surface area contributed by atoms with E-state index < -0.39 is 11.7 Å². The molecule has 0 fully saturated rings. The number of hydrogen-bond acceptors (Lipinski definition) is 3. The molecule has 18 heavy (non-hydrogen) atoms. The average molecular weight is 266 g/mol. The predicted octanol–water partition coefficient (Wildman–Crippen LogP) is 2.71. The van der Waals surface area contributed by atoms with E-state index >= 15 is 0 Å². The topological polar surface area (TPSA) is 68.0 Å². The molecule has 3 N–H and O–H groups in total. The van der Waals surface area contributed by atoms with Gasteiger partial charge in [0.2, 0.25) is 0 Å². The lowest BCUT2D eigenvalue weighted by atomic mass is 10.2. The molecule has 0 aliphatic heterocycles. The quantitative estimate of drug-likeness (QED) is 0.877. The van der Waals surface area contributed by atoms with Gasteiger partial charge in [0, 0.05) is 17.4 Å². The normalized spacial score (nSPS) is 10.1. The van der Waals surface area contributed by atoms with Crippen LogP contribution >= 0.6 is 11.6 Å². The minimum atomic E-state index is -0.594. The van der Waals surface area contributed by atoms with Crippen molar-refractivity contribution >= 4 is 29.0 Å². The minimum Gasteiger partial charge on any atom is -0.384 e. The summed E-state index contributed by atoms with van der Waals surface area (Å²) >= 11 is 5.54. The van der Waals surface area contributed by atoms with E-state index in [-0.39, 0.29) is 10.8 Å². The standard InChI is InChI=1S/C12H9ClFN3O/c13-9-2-1-8(6-10(9)14)17-12(18)7-3-4-16-11(15)5-7/h1-6H,(H2,15,16)(H,17,18). The molecule has 1 aromatic carbocycles. The fourth-order valence-corrected chi connectivity index (χ4v) is 1.48. The molecule has 0 saturated heterocycles. The van der Waals surface area contributed by atoms with E-state index in [1.807, 2.05) is 0 Å². The molecule has 0 aliphatic carbocycles. The SMILES string of the molecule is Nc1cc(C(=O)Nc2ccc(Cl)c(F)c2)ccn1. The van der Waals surface area contributed by atoms with Gasteiger partial charge in [-0.05, 0) is 30.3 Å². The van der Waals surface area contributed by atoms with Crippen molar-refractivity contribution in [3.05, 3.63) is 52.9 Å². The summed E-state index contributed by atoms with van der Waals surface area (Å²) in [6, 6.07) is 6.96.